The molecule has 2 rings (SSSR count). The first kappa shape index (κ1) is 19.8. The van der Waals surface area contributed by atoms with Crippen LogP contribution in [0, 0.1) is 12.3 Å². The molecule has 0 aliphatic carbocycles. The van der Waals surface area contributed by atoms with Crippen molar-refractivity contribution in [3.63, 3.8) is 0 Å². The molecule has 0 aromatic heterocycles. The van der Waals surface area contributed by atoms with Gasteiger partial charge in [0.25, 0.3) is 0 Å². The minimum Gasteiger partial charge on any atom is -0.374 e. The quantitative estimate of drug-likeness (QED) is 0.654. The summed E-state index contributed by atoms with van der Waals surface area (Å²) in [7, 11) is 0. The van der Waals surface area contributed by atoms with Crippen LogP contribution in [0.5, 0.6) is 0 Å². The smallest absolute Gasteiger partial charge is 0.242 e. The number of anilines is 2. The van der Waals surface area contributed by atoms with Crippen LogP contribution in [0.25, 0.3) is 0 Å². The molecule has 1 aromatic rings. The van der Waals surface area contributed by atoms with Crippen LogP contribution in [0.2, 0.25) is 0 Å². The Morgan fingerprint density at radius 1 is 1.12 bits per heavy atom. The van der Waals surface area contributed by atoms with Crippen LogP contribution in [0.4, 0.5) is 11.4 Å². The van der Waals surface area contributed by atoms with Crippen molar-refractivity contribution in [2.45, 2.75) is 38.6 Å². The fraction of sp³-hybridized carbons (Fsp3) is 0.500. The zero-order valence-electron chi connectivity index (χ0n) is 15.4. The number of benzene rings is 1. The van der Waals surface area contributed by atoms with Gasteiger partial charge in [-0.3, -0.25) is 14.5 Å². The Labute approximate surface area is 155 Å². The number of amides is 2. The molecule has 0 saturated carbocycles. The van der Waals surface area contributed by atoms with Crippen LogP contribution < -0.4 is 16.0 Å². The largest absolute Gasteiger partial charge is 0.374 e. The lowest BCUT2D eigenvalue weighted by Crippen LogP contribution is -2.37. The number of hydrogen-bond donors (Lipinski definition) is 3. The Hall–Kier alpha value is -2.52. The van der Waals surface area contributed by atoms with Gasteiger partial charge in [-0.1, -0.05) is 18.8 Å². The Morgan fingerprint density at radius 2 is 1.73 bits per heavy atom. The van der Waals surface area contributed by atoms with Gasteiger partial charge in [-0.2, -0.15) is 0 Å². The molecule has 0 spiro atoms. The fourth-order valence-corrected chi connectivity index (χ4v) is 2.95. The van der Waals surface area contributed by atoms with Gasteiger partial charge in [0.05, 0.1) is 13.1 Å². The number of likely N-dealkylation sites (tertiary alicyclic amines) is 1. The predicted octanol–water partition coefficient (Wildman–Crippen LogP) is 2.05. The van der Waals surface area contributed by atoms with Crippen molar-refractivity contribution < 1.29 is 9.59 Å². The lowest BCUT2D eigenvalue weighted by Gasteiger charge is -2.19. The second kappa shape index (κ2) is 10.5. The highest BCUT2D eigenvalue weighted by Crippen LogP contribution is 2.15. The maximum absolute atomic E-state index is 12.2. The van der Waals surface area contributed by atoms with Crippen LogP contribution in [-0.4, -0.2) is 48.9 Å². The topological polar surface area (TPSA) is 73.5 Å². The summed E-state index contributed by atoms with van der Waals surface area (Å²) in [6, 6.07) is 6.94. The van der Waals surface area contributed by atoms with Crippen molar-refractivity contribution in [2.75, 3.05) is 36.8 Å². The molecule has 1 fully saturated rings. The second-order valence-electron chi connectivity index (χ2n) is 6.60. The Balaban J connectivity index is 1.80. The maximum atomic E-state index is 12.2. The molecule has 1 heterocycles. The third-order valence-corrected chi connectivity index (χ3v) is 4.38. The number of rotatable bonds is 7. The molecule has 6 nitrogen and oxygen atoms in total. The van der Waals surface area contributed by atoms with Crippen molar-refractivity contribution >= 4 is 23.2 Å². The molecule has 26 heavy (non-hydrogen) atoms. The van der Waals surface area contributed by atoms with Crippen molar-refractivity contribution in [3.8, 4) is 12.3 Å². The highest BCUT2D eigenvalue weighted by Gasteiger charge is 2.14. The summed E-state index contributed by atoms with van der Waals surface area (Å²) in [6.07, 6.45) is 9.98. The van der Waals surface area contributed by atoms with E-state index in [1.165, 1.54) is 25.7 Å². The lowest BCUT2D eigenvalue weighted by atomic mass is 10.2. The lowest BCUT2D eigenvalue weighted by molar-refractivity contribution is -0.121. The highest BCUT2D eigenvalue weighted by atomic mass is 16.2. The molecular weight excluding hydrogens is 328 g/mol. The van der Waals surface area contributed by atoms with Gasteiger partial charge in [0, 0.05) is 11.4 Å². The van der Waals surface area contributed by atoms with Gasteiger partial charge in [-0.25, -0.2) is 0 Å². The monoisotopic (exact) mass is 356 g/mol. The molecule has 1 saturated heterocycles. The molecule has 3 N–H and O–H groups in total. The molecule has 0 radical (unpaired) electrons. The molecule has 6 heteroatoms. The van der Waals surface area contributed by atoms with E-state index in [0.29, 0.717) is 6.54 Å². The average molecular weight is 356 g/mol. The Bertz CT molecular complexity index is 628. The van der Waals surface area contributed by atoms with Crippen LogP contribution >= 0.6 is 0 Å². The first-order valence-electron chi connectivity index (χ1n) is 9.18. The summed E-state index contributed by atoms with van der Waals surface area (Å²) in [6.45, 7) is 4.41. The van der Waals surface area contributed by atoms with Crippen LogP contribution in [0.1, 0.15) is 32.6 Å². The number of nitrogens with zero attached hydrogens (tertiary/aromatic N) is 1. The third kappa shape index (κ3) is 6.77. The predicted molar refractivity (Wildman–Crippen MR) is 105 cm³/mol. The van der Waals surface area contributed by atoms with E-state index >= 15 is 0 Å². The van der Waals surface area contributed by atoms with E-state index in [4.69, 9.17) is 6.42 Å². The summed E-state index contributed by atoms with van der Waals surface area (Å²) in [4.78, 5) is 26.2. The standard InChI is InChI=1S/C20H28N4O2/c1-3-12-21-20(26)16(2)22-17-8-10-18(11-9-17)23-19(25)15-24-13-6-4-5-7-14-24/h1,8-11,16,22H,4-7,12-15H2,2H3,(H,21,26)(H,23,25)/t16-/m1/s1. The van der Waals surface area contributed by atoms with Gasteiger partial charge in [0.1, 0.15) is 6.04 Å². The summed E-state index contributed by atoms with van der Waals surface area (Å²) in [5.74, 6) is 2.23. The summed E-state index contributed by atoms with van der Waals surface area (Å²) in [5, 5.41) is 8.67. The van der Waals surface area contributed by atoms with Crippen LogP contribution in [0.3, 0.4) is 0 Å². The molecule has 2 amide bonds. The van der Waals surface area contributed by atoms with Crippen molar-refractivity contribution in [1.29, 1.82) is 0 Å². The number of carbonyl (C=O) groups is 2. The van der Waals surface area contributed by atoms with E-state index in [9.17, 15) is 9.59 Å². The van der Waals surface area contributed by atoms with Crippen LogP contribution in [0.15, 0.2) is 24.3 Å². The molecule has 1 aliphatic rings. The molecule has 0 unspecified atom stereocenters. The SMILES string of the molecule is C#CCNC(=O)[C@@H](C)Nc1ccc(NC(=O)CN2CCCCCC2)cc1. The van der Waals surface area contributed by atoms with Gasteiger partial charge < -0.3 is 16.0 Å². The van der Waals surface area contributed by atoms with Crippen LogP contribution in [-0.2, 0) is 9.59 Å². The second-order valence-corrected chi connectivity index (χ2v) is 6.60. The zero-order chi connectivity index (χ0) is 18.8. The zero-order valence-corrected chi connectivity index (χ0v) is 15.4. The summed E-state index contributed by atoms with van der Waals surface area (Å²) >= 11 is 0. The van der Waals surface area contributed by atoms with E-state index in [1.54, 1.807) is 6.92 Å². The van der Waals surface area contributed by atoms with Crippen molar-refractivity contribution in [2.24, 2.45) is 0 Å². The minimum atomic E-state index is -0.396. The van der Waals surface area contributed by atoms with Gasteiger partial charge in [-0.05, 0) is 57.1 Å². The minimum absolute atomic E-state index is 0.00893. The van der Waals surface area contributed by atoms with E-state index in [2.05, 4.69) is 26.8 Å². The molecule has 1 atom stereocenters. The Morgan fingerprint density at radius 3 is 2.35 bits per heavy atom. The van der Waals surface area contributed by atoms with E-state index < -0.39 is 6.04 Å². The van der Waals surface area contributed by atoms with Gasteiger partial charge in [0.15, 0.2) is 0 Å². The molecule has 0 bridgehead atoms. The van der Waals surface area contributed by atoms with E-state index in [0.717, 1.165) is 24.5 Å². The molecule has 140 valence electrons. The van der Waals surface area contributed by atoms with E-state index in [1.807, 2.05) is 24.3 Å². The average Bonchev–Trinajstić information content (AvgIpc) is 2.89. The van der Waals surface area contributed by atoms with Gasteiger partial charge >= 0.3 is 0 Å². The number of carbonyl (C=O) groups excluding carboxylic acids is 2. The molecule has 1 aliphatic heterocycles. The summed E-state index contributed by atoms with van der Waals surface area (Å²) < 4.78 is 0. The van der Waals surface area contributed by atoms with Crippen molar-refractivity contribution in [3.05, 3.63) is 24.3 Å². The normalized spacial score (nSPS) is 16.0. The van der Waals surface area contributed by atoms with Crippen molar-refractivity contribution in [1.82, 2.24) is 10.2 Å². The first-order chi connectivity index (χ1) is 12.6. The van der Waals surface area contributed by atoms with E-state index in [-0.39, 0.29) is 18.4 Å². The fourth-order valence-electron chi connectivity index (χ4n) is 2.95. The van der Waals surface area contributed by atoms with Gasteiger partial charge in [-0.15, -0.1) is 6.42 Å². The third-order valence-electron chi connectivity index (χ3n) is 4.38. The highest BCUT2D eigenvalue weighted by molar-refractivity contribution is 5.92. The number of nitrogens with one attached hydrogen (secondary N) is 3. The summed E-state index contributed by atoms with van der Waals surface area (Å²) in [5.41, 5.74) is 1.55. The number of terminal acetylenes is 1. The number of hydrogen-bond acceptors (Lipinski definition) is 4. The molecular formula is C20H28N4O2. The molecule has 1 aromatic carbocycles. The first-order valence-corrected chi connectivity index (χ1v) is 9.18. The Kier molecular flexibility index (Phi) is 7.97. The maximum Gasteiger partial charge on any atom is 0.242 e. The van der Waals surface area contributed by atoms with Gasteiger partial charge in [0.2, 0.25) is 11.8 Å².